The summed E-state index contributed by atoms with van der Waals surface area (Å²) in [6.45, 7) is 1.98. The standard InChI is InChI=1S/C5H12N2S/c1-5(6-8-4)7(2)3/h1-4H3. The Labute approximate surface area is 55.1 Å². The first-order valence-electron chi connectivity index (χ1n) is 2.43. The van der Waals surface area contributed by atoms with E-state index in [1.165, 1.54) is 11.9 Å². The van der Waals surface area contributed by atoms with Gasteiger partial charge in [0.1, 0.15) is 5.84 Å². The first-order chi connectivity index (χ1) is 3.68. The Morgan fingerprint density at radius 1 is 1.50 bits per heavy atom. The SMILES string of the molecule is CSN=C(C)N(C)C. The summed E-state index contributed by atoms with van der Waals surface area (Å²) < 4.78 is 4.08. The van der Waals surface area contributed by atoms with Crippen molar-refractivity contribution < 1.29 is 0 Å². The van der Waals surface area contributed by atoms with Crippen LogP contribution < -0.4 is 0 Å². The van der Waals surface area contributed by atoms with Crippen LogP contribution in [0.4, 0.5) is 0 Å². The number of hydrogen-bond donors (Lipinski definition) is 0. The van der Waals surface area contributed by atoms with Gasteiger partial charge in [0.05, 0.1) is 0 Å². The van der Waals surface area contributed by atoms with E-state index in [0.29, 0.717) is 0 Å². The maximum atomic E-state index is 4.08. The third-order valence-electron chi connectivity index (χ3n) is 0.871. The van der Waals surface area contributed by atoms with E-state index in [1.54, 1.807) is 0 Å². The minimum Gasteiger partial charge on any atom is -0.366 e. The Morgan fingerprint density at radius 3 is 2.12 bits per heavy atom. The number of nitrogens with zero attached hydrogens (tertiary/aromatic N) is 2. The summed E-state index contributed by atoms with van der Waals surface area (Å²) in [7, 11) is 3.96. The van der Waals surface area contributed by atoms with Crippen molar-refractivity contribution in [2.45, 2.75) is 6.92 Å². The second-order valence-electron chi connectivity index (χ2n) is 1.72. The van der Waals surface area contributed by atoms with Crippen molar-refractivity contribution >= 4 is 17.8 Å². The lowest BCUT2D eigenvalue weighted by molar-refractivity contribution is 0.621. The minimum atomic E-state index is 1.05. The molecule has 0 bridgehead atoms. The fourth-order valence-electron chi connectivity index (χ4n) is 0.214. The molecule has 0 N–H and O–H groups in total. The van der Waals surface area contributed by atoms with Crippen LogP contribution in [0, 0.1) is 0 Å². The van der Waals surface area contributed by atoms with E-state index in [2.05, 4.69) is 4.40 Å². The molecule has 0 aliphatic rings. The average Bonchev–Trinajstić information content (AvgIpc) is 1.67. The molecule has 0 aromatic rings. The highest BCUT2D eigenvalue weighted by Gasteiger charge is 1.88. The molecule has 0 heterocycles. The highest BCUT2D eigenvalue weighted by molar-refractivity contribution is 7.97. The monoisotopic (exact) mass is 132 g/mol. The maximum Gasteiger partial charge on any atom is 0.109 e. The number of amidine groups is 1. The molecule has 0 aliphatic heterocycles. The Hall–Kier alpha value is -0.180. The lowest BCUT2D eigenvalue weighted by atomic mass is 10.6. The first kappa shape index (κ1) is 7.82. The number of hydrogen-bond acceptors (Lipinski definition) is 2. The second-order valence-corrected chi connectivity index (χ2v) is 2.26. The van der Waals surface area contributed by atoms with Gasteiger partial charge in [0, 0.05) is 20.4 Å². The van der Waals surface area contributed by atoms with Gasteiger partial charge in [0.15, 0.2) is 0 Å². The molecule has 0 saturated carbocycles. The van der Waals surface area contributed by atoms with Crippen LogP contribution in [0.3, 0.4) is 0 Å². The molecule has 0 spiro atoms. The highest BCUT2D eigenvalue weighted by atomic mass is 32.2. The zero-order chi connectivity index (χ0) is 6.57. The van der Waals surface area contributed by atoms with Crippen molar-refractivity contribution in [2.75, 3.05) is 20.4 Å². The molecular weight excluding hydrogens is 120 g/mol. The van der Waals surface area contributed by atoms with Gasteiger partial charge in [0.25, 0.3) is 0 Å². The van der Waals surface area contributed by atoms with Crippen LogP contribution >= 0.6 is 11.9 Å². The van der Waals surface area contributed by atoms with Crippen molar-refractivity contribution in [3.63, 3.8) is 0 Å². The molecule has 2 nitrogen and oxygen atoms in total. The molecule has 0 rings (SSSR count). The Kier molecular flexibility index (Phi) is 3.69. The molecule has 0 unspecified atom stereocenters. The highest BCUT2D eigenvalue weighted by Crippen LogP contribution is 1.95. The van der Waals surface area contributed by atoms with Crippen LogP contribution in [-0.2, 0) is 0 Å². The van der Waals surface area contributed by atoms with E-state index in [0.717, 1.165) is 5.84 Å². The molecule has 48 valence electrons. The zero-order valence-corrected chi connectivity index (χ0v) is 6.62. The van der Waals surface area contributed by atoms with Crippen molar-refractivity contribution in [1.29, 1.82) is 0 Å². The van der Waals surface area contributed by atoms with Gasteiger partial charge < -0.3 is 4.90 Å². The van der Waals surface area contributed by atoms with E-state index >= 15 is 0 Å². The van der Waals surface area contributed by atoms with Crippen LogP contribution in [0.25, 0.3) is 0 Å². The Morgan fingerprint density at radius 2 is 2.00 bits per heavy atom. The third kappa shape index (κ3) is 2.91. The lowest BCUT2D eigenvalue weighted by Gasteiger charge is -2.08. The molecule has 8 heavy (non-hydrogen) atoms. The second kappa shape index (κ2) is 3.78. The zero-order valence-electron chi connectivity index (χ0n) is 5.80. The summed E-state index contributed by atoms with van der Waals surface area (Å²) in [5, 5.41) is 0. The van der Waals surface area contributed by atoms with Gasteiger partial charge in [-0.25, -0.2) is 4.40 Å². The summed E-state index contributed by atoms with van der Waals surface area (Å²) in [6.07, 6.45) is 1.95. The van der Waals surface area contributed by atoms with Gasteiger partial charge in [-0.15, -0.1) is 0 Å². The Bertz CT molecular complexity index is 88.4. The normalized spacial score (nSPS) is 11.8. The molecule has 0 fully saturated rings. The van der Waals surface area contributed by atoms with Crippen LogP contribution in [0.15, 0.2) is 4.40 Å². The van der Waals surface area contributed by atoms with Crippen molar-refractivity contribution in [2.24, 2.45) is 4.40 Å². The van der Waals surface area contributed by atoms with E-state index in [-0.39, 0.29) is 0 Å². The minimum absolute atomic E-state index is 1.05. The fraction of sp³-hybridized carbons (Fsp3) is 0.800. The molecule has 0 amide bonds. The summed E-state index contributed by atoms with van der Waals surface area (Å²) in [6, 6.07) is 0. The fourth-order valence-corrected chi connectivity index (χ4v) is 0.641. The van der Waals surface area contributed by atoms with Crippen molar-refractivity contribution in [3.05, 3.63) is 0 Å². The van der Waals surface area contributed by atoms with E-state index in [9.17, 15) is 0 Å². The van der Waals surface area contributed by atoms with Crippen LogP contribution in [0.2, 0.25) is 0 Å². The van der Waals surface area contributed by atoms with E-state index < -0.39 is 0 Å². The molecule has 0 atom stereocenters. The maximum absolute atomic E-state index is 4.08. The quantitative estimate of drug-likeness (QED) is 0.303. The Balaban J connectivity index is 3.61. The average molecular weight is 132 g/mol. The van der Waals surface area contributed by atoms with E-state index in [1.807, 2.05) is 32.2 Å². The van der Waals surface area contributed by atoms with Crippen LogP contribution in [0.5, 0.6) is 0 Å². The van der Waals surface area contributed by atoms with Crippen molar-refractivity contribution in [1.82, 2.24) is 4.90 Å². The molecule has 0 radical (unpaired) electrons. The predicted molar refractivity (Wildman–Crippen MR) is 40.3 cm³/mol. The summed E-state index contributed by atoms with van der Waals surface area (Å²) in [5.41, 5.74) is 0. The lowest BCUT2D eigenvalue weighted by Crippen LogP contribution is -2.17. The number of rotatable bonds is 1. The molecule has 0 aromatic heterocycles. The summed E-state index contributed by atoms with van der Waals surface area (Å²) in [4.78, 5) is 1.98. The largest absolute Gasteiger partial charge is 0.366 e. The molecule has 3 heteroatoms. The van der Waals surface area contributed by atoms with E-state index in [4.69, 9.17) is 0 Å². The van der Waals surface area contributed by atoms with Gasteiger partial charge in [0.2, 0.25) is 0 Å². The van der Waals surface area contributed by atoms with Gasteiger partial charge in [-0.3, -0.25) is 0 Å². The van der Waals surface area contributed by atoms with Gasteiger partial charge in [-0.1, -0.05) is 0 Å². The predicted octanol–water partition coefficient (Wildman–Crippen LogP) is 1.24. The molecule has 0 aromatic carbocycles. The van der Waals surface area contributed by atoms with Gasteiger partial charge in [-0.05, 0) is 18.9 Å². The summed E-state index contributed by atoms with van der Waals surface area (Å²) in [5.74, 6) is 1.05. The van der Waals surface area contributed by atoms with Crippen LogP contribution in [-0.4, -0.2) is 31.1 Å². The van der Waals surface area contributed by atoms with Gasteiger partial charge in [-0.2, -0.15) is 0 Å². The molecule has 0 aliphatic carbocycles. The van der Waals surface area contributed by atoms with Crippen LogP contribution in [0.1, 0.15) is 6.92 Å². The first-order valence-corrected chi connectivity index (χ1v) is 3.61. The molecule has 0 saturated heterocycles. The summed E-state index contributed by atoms with van der Waals surface area (Å²) >= 11 is 1.48. The molecular formula is C5H12N2S. The topological polar surface area (TPSA) is 15.6 Å². The van der Waals surface area contributed by atoms with Crippen molar-refractivity contribution in [3.8, 4) is 0 Å². The van der Waals surface area contributed by atoms with Gasteiger partial charge >= 0.3 is 0 Å². The third-order valence-corrected chi connectivity index (χ3v) is 1.32. The smallest absolute Gasteiger partial charge is 0.109 e.